The molecule has 1 aromatic carbocycles. The molecule has 0 bridgehead atoms. The Bertz CT molecular complexity index is 776. The molecule has 1 aliphatic rings. The molecular formula is C18H20FN3O3. The molecule has 0 radical (unpaired) electrons. The first kappa shape index (κ1) is 17.3. The second kappa shape index (κ2) is 8.02. The number of carbonyl (C=O) groups is 1. The largest absolute Gasteiger partial charge is 0.375 e. The lowest BCUT2D eigenvalue weighted by molar-refractivity contribution is -0.138. The van der Waals surface area contributed by atoms with Gasteiger partial charge < -0.3 is 14.6 Å². The number of ether oxygens (including phenoxy) is 1. The van der Waals surface area contributed by atoms with E-state index >= 15 is 0 Å². The standard InChI is InChI=1S/C18H20FN3O3/c19-14-3-1-13(2-4-14)9-18(24)22-7-8-25-16(11-22)6-5-15-10-17(23)21-12-20-15/h1-4,10,12,16H,5-9,11H2,(H,20,21,23)/t16-/m0/s1. The predicted molar refractivity (Wildman–Crippen MR) is 89.6 cm³/mol. The van der Waals surface area contributed by atoms with Crippen molar-refractivity contribution in [2.45, 2.75) is 25.4 Å². The summed E-state index contributed by atoms with van der Waals surface area (Å²) in [6.07, 6.45) is 2.87. The number of halogens is 1. The van der Waals surface area contributed by atoms with Gasteiger partial charge in [0, 0.05) is 24.8 Å². The van der Waals surface area contributed by atoms with Crippen LogP contribution in [0.1, 0.15) is 17.7 Å². The number of aromatic nitrogens is 2. The molecule has 1 fully saturated rings. The minimum atomic E-state index is -0.309. The number of aromatic amines is 1. The van der Waals surface area contributed by atoms with Crippen LogP contribution in [0.15, 0.2) is 41.5 Å². The predicted octanol–water partition coefficient (Wildman–Crippen LogP) is 1.31. The first-order valence-electron chi connectivity index (χ1n) is 8.27. The fourth-order valence-corrected chi connectivity index (χ4v) is 2.86. The Morgan fingerprint density at radius 3 is 2.92 bits per heavy atom. The van der Waals surface area contributed by atoms with Crippen molar-refractivity contribution in [2.24, 2.45) is 0 Å². The van der Waals surface area contributed by atoms with E-state index in [2.05, 4.69) is 9.97 Å². The number of morpholine rings is 1. The summed E-state index contributed by atoms with van der Waals surface area (Å²) in [6.45, 7) is 1.56. The van der Waals surface area contributed by atoms with Gasteiger partial charge in [0.05, 0.1) is 25.5 Å². The molecule has 1 amide bonds. The van der Waals surface area contributed by atoms with Gasteiger partial charge >= 0.3 is 0 Å². The fraction of sp³-hybridized carbons (Fsp3) is 0.389. The summed E-state index contributed by atoms with van der Waals surface area (Å²) in [7, 11) is 0. The molecule has 1 N–H and O–H groups in total. The highest BCUT2D eigenvalue weighted by atomic mass is 19.1. The van der Waals surface area contributed by atoms with Gasteiger partial charge in [0.15, 0.2) is 0 Å². The molecule has 3 rings (SSSR count). The zero-order valence-corrected chi connectivity index (χ0v) is 13.8. The molecule has 1 atom stereocenters. The summed E-state index contributed by atoms with van der Waals surface area (Å²) >= 11 is 0. The quantitative estimate of drug-likeness (QED) is 0.887. The third kappa shape index (κ3) is 4.96. The SMILES string of the molecule is O=C(Cc1ccc(F)cc1)N1CCO[C@@H](CCc2cc(=O)[nH]cn2)C1. The number of nitrogens with zero attached hydrogens (tertiary/aromatic N) is 2. The van der Waals surface area contributed by atoms with Gasteiger partial charge in [0.1, 0.15) is 5.82 Å². The van der Waals surface area contributed by atoms with Gasteiger partial charge in [0.2, 0.25) is 5.91 Å². The van der Waals surface area contributed by atoms with Crippen molar-refractivity contribution < 1.29 is 13.9 Å². The summed E-state index contributed by atoms with van der Waals surface area (Å²) in [5, 5.41) is 0. The molecule has 0 unspecified atom stereocenters. The Hall–Kier alpha value is -2.54. The van der Waals surface area contributed by atoms with E-state index in [1.807, 2.05) is 0 Å². The van der Waals surface area contributed by atoms with Gasteiger partial charge in [-0.1, -0.05) is 12.1 Å². The van der Waals surface area contributed by atoms with E-state index in [0.29, 0.717) is 38.2 Å². The molecule has 0 saturated carbocycles. The van der Waals surface area contributed by atoms with E-state index in [9.17, 15) is 14.0 Å². The Balaban J connectivity index is 1.52. The third-order valence-electron chi connectivity index (χ3n) is 4.22. The summed E-state index contributed by atoms with van der Waals surface area (Å²) < 4.78 is 18.7. The van der Waals surface area contributed by atoms with Crippen molar-refractivity contribution in [3.8, 4) is 0 Å². The van der Waals surface area contributed by atoms with Crippen LogP contribution in [0.3, 0.4) is 0 Å². The number of benzene rings is 1. The summed E-state index contributed by atoms with van der Waals surface area (Å²) in [6, 6.07) is 7.45. The molecule has 1 aliphatic heterocycles. The molecule has 6 nitrogen and oxygen atoms in total. The van der Waals surface area contributed by atoms with Crippen LogP contribution >= 0.6 is 0 Å². The maximum atomic E-state index is 12.9. The second-order valence-electron chi connectivity index (χ2n) is 6.08. The average Bonchev–Trinajstić information content (AvgIpc) is 2.62. The van der Waals surface area contributed by atoms with Crippen LogP contribution in [0.2, 0.25) is 0 Å². The van der Waals surface area contributed by atoms with Crippen molar-refractivity contribution in [3.63, 3.8) is 0 Å². The summed E-state index contributed by atoms with van der Waals surface area (Å²) in [4.78, 5) is 32.1. The molecule has 2 aromatic rings. The number of H-pyrrole nitrogens is 1. The normalized spacial score (nSPS) is 17.5. The summed E-state index contributed by atoms with van der Waals surface area (Å²) in [5.74, 6) is -0.301. The Morgan fingerprint density at radius 1 is 1.36 bits per heavy atom. The lowest BCUT2D eigenvalue weighted by atomic mass is 10.1. The number of amides is 1. The zero-order chi connectivity index (χ0) is 17.6. The Kier molecular flexibility index (Phi) is 5.55. The van der Waals surface area contributed by atoms with Gasteiger partial charge in [-0.25, -0.2) is 9.37 Å². The molecule has 132 valence electrons. The topological polar surface area (TPSA) is 75.3 Å². The highest BCUT2D eigenvalue weighted by Gasteiger charge is 2.24. The minimum Gasteiger partial charge on any atom is -0.375 e. The van der Waals surface area contributed by atoms with Crippen LogP contribution in [0.5, 0.6) is 0 Å². The monoisotopic (exact) mass is 345 g/mol. The van der Waals surface area contributed by atoms with E-state index in [1.54, 1.807) is 17.0 Å². The Labute approximate surface area is 144 Å². The maximum Gasteiger partial charge on any atom is 0.250 e. The number of aryl methyl sites for hydroxylation is 1. The average molecular weight is 345 g/mol. The van der Waals surface area contributed by atoms with Gasteiger partial charge in [-0.2, -0.15) is 0 Å². The molecular weight excluding hydrogens is 325 g/mol. The molecule has 7 heteroatoms. The van der Waals surface area contributed by atoms with Crippen molar-refractivity contribution in [1.82, 2.24) is 14.9 Å². The van der Waals surface area contributed by atoms with Gasteiger partial charge in [-0.3, -0.25) is 9.59 Å². The van der Waals surface area contributed by atoms with E-state index in [1.165, 1.54) is 24.5 Å². The lowest BCUT2D eigenvalue weighted by Crippen LogP contribution is -2.46. The molecule has 2 heterocycles. The fourth-order valence-electron chi connectivity index (χ4n) is 2.86. The van der Waals surface area contributed by atoms with E-state index < -0.39 is 0 Å². The van der Waals surface area contributed by atoms with Crippen molar-refractivity contribution in [2.75, 3.05) is 19.7 Å². The van der Waals surface area contributed by atoms with Gasteiger partial charge in [-0.15, -0.1) is 0 Å². The molecule has 1 saturated heterocycles. The minimum absolute atomic E-state index is 0.00851. The van der Waals surface area contributed by atoms with Gasteiger partial charge in [-0.05, 0) is 30.5 Å². The second-order valence-corrected chi connectivity index (χ2v) is 6.08. The van der Waals surface area contributed by atoms with E-state index in [4.69, 9.17) is 4.74 Å². The van der Waals surface area contributed by atoms with E-state index in [-0.39, 0.29) is 29.8 Å². The first-order valence-corrected chi connectivity index (χ1v) is 8.27. The number of hydrogen-bond donors (Lipinski definition) is 1. The highest BCUT2D eigenvalue weighted by Crippen LogP contribution is 2.13. The Morgan fingerprint density at radius 2 is 2.16 bits per heavy atom. The van der Waals surface area contributed by atoms with Crippen LogP contribution in [0.4, 0.5) is 4.39 Å². The van der Waals surface area contributed by atoms with Crippen molar-refractivity contribution in [3.05, 3.63) is 64.1 Å². The number of hydrogen-bond acceptors (Lipinski definition) is 4. The van der Waals surface area contributed by atoms with Crippen LogP contribution in [0, 0.1) is 5.82 Å². The van der Waals surface area contributed by atoms with Crippen LogP contribution in [-0.2, 0) is 22.4 Å². The number of carbonyl (C=O) groups excluding carboxylic acids is 1. The van der Waals surface area contributed by atoms with Crippen LogP contribution < -0.4 is 5.56 Å². The molecule has 0 aliphatic carbocycles. The maximum absolute atomic E-state index is 12.9. The third-order valence-corrected chi connectivity index (χ3v) is 4.22. The molecule has 0 spiro atoms. The van der Waals surface area contributed by atoms with Crippen LogP contribution in [-0.4, -0.2) is 46.6 Å². The highest BCUT2D eigenvalue weighted by molar-refractivity contribution is 5.78. The van der Waals surface area contributed by atoms with Crippen molar-refractivity contribution in [1.29, 1.82) is 0 Å². The molecule has 25 heavy (non-hydrogen) atoms. The smallest absolute Gasteiger partial charge is 0.250 e. The van der Waals surface area contributed by atoms with E-state index in [0.717, 1.165) is 5.56 Å². The molecule has 1 aromatic heterocycles. The van der Waals surface area contributed by atoms with Crippen molar-refractivity contribution >= 4 is 5.91 Å². The van der Waals surface area contributed by atoms with Crippen LogP contribution in [0.25, 0.3) is 0 Å². The van der Waals surface area contributed by atoms with Gasteiger partial charge in [0.25, 0.3) is 5.56 Å². The number of rotatable bonds is 5. The summed E-state index contributed by atoms with van der Waals surface area (Å²) in [5.41, 5.74) is 1.33. The number of nitrogens with one attached hydrogen (secondary N) is 1. The first-order chi connectivity index (χ1) is 12.1. The lowest BCUT2D eigenvalue weighted by Gasteiger charge is -2.33. The zero-order valence-electron chi connectivity index (χ0n) is 13.8.